The molecule has 25 heavy (non-hydrogen) atoms. The minimum atomic E-state index is -0.227. The molecule has 1 atom stereocenters. The third-order valence-electron chi connectivity index (χ3n) is 5.10. The lowest BCUT2D eigenvalue weighted by molar-refractivity contribution is 0.0313. The molecule has 3 rings (SSSR count). The summed E-state index contributed by atoms with van der Waals surface area (Å²) in [6.45, 7) is 8.43. The third kappa shape index (κ3) is 3.93. The van der Waals surface area contributed by atoms with Crippen LogP contribution in [0, 0.1) is 5.41 Å². The molecule has 2 aromatic carbocycles. The molecule has 0 amide bonds. The van der Waals surface area contributed by atoms with Crippen LogP contribution in [-0.4, -0.2) is 49.9 Å². The number of aliphatic hydroxyl groups is 1. The molecule has 0 aromatic heterocycles. The van der Waals surface area contributed by atoms with Gasteiger partial charge in [-0.15, -0.1) is 12.4 Å². The van der Waals surface area contributed by atoms with Crippen molar-refractivity contribution >= 4 is 23.2 Å². The Kier molecular flexibility index (Phi) is 6.69. The van der Waals surface area contributed by atoms with Crippen molar-refractivity contribution in [2.75, 3.05) is 39.9 Å². The fourth-order valence-electron chi connectivity index (χ4n) is 3.85. The van der Waals surface area contributed by atoms with E-state index in [0.29, 0.717) is 0 Å². The zero-order chi connectivity index (χ0) is 17.2. The normalized spacial score (nSPS) is 17.1. The third-order valence-corrected chi connectivity index (χ3v) is 5.10. The summed E-state index contributed by atoms with van der Waals surface area (Å²) in [4.78, 5) is 2.50. The summed E-state index contributed by atoms with van der Waals surface area (Å²) in [6, 6.07) is 12.8. The number of methoxy groups -OCH3 is 1. The van der Waals surface area contributed by atoms with E-state index < -0.39 is 0 Å². The number of nitrogens with one attached hydrogen (secondary N) is 1. The van der Waals surface area contributed by atoms with E-state index in [1.807, 2.05) is 6.07 Å². The van der Waals surface area contributed by atoms with Crippen molar-refractivity contribution in [3.63, 3.8) is 0 Å². The van der Waals surface area contributed by atoms with Gasteiger partial charge >= 0.3 is 0 Å². The lowest BCUT2D eigenvalue weighted by Gasteiger charge is -2.44. The first kappa shape index (κ1) is 20.0. The molecule has 1 fully saturated rings. The molecule has 0 aliphatic carbocycles. The molecule has 0 spiro atoms. The van der Waals surface area contributed by atoms with E-state index in [1.165, 1.54) is 10.9 Å². The van der Waals surface area contributed by atoms with Crippen molar-refractivity contribution in [3.05, 3.63) is 42.0 Å². The van der Waals surface area contributed by atoms with E-state index in [0.717, 1.165) is 37.3 Å². The molecule has 0 unspecified atom stereocenters. The summed E-state index contributed by atoms with van der Waals surface area (Å²) in [5.74, 6) is 0.898. The molecule has 2 N–H and O–H groups in total. The molecular weight excluding hydrogens is 336 g/mol. The van der Waals surface area contributed by atoms with Gasteiger partial charge in [0.05, 0.1) is 7.11 Å². The number of piperazine rings is 1. The Morgan fingerprint density at radius 3 is 2.36 bits per heavy atom. The summed E-state index contributed by atoms with van der Waals surface area (Å²) in [7, 11) is 1.72. The number of halogens is 1. The molecule has 0 radical (unpaired) electrons. The highest BCUT2D eigenvalue weighted by molar-refractivity contribution is 5.91. The topological polar surface area (TPSA) is 44.7 Å². The second-order valence-corrected chi connectivity index (χ2v) is 7.24. The standard InChI is InChI=1S/C20H28N2O2.ClH/c1-20(2,14-23)19(22-12-10-21-11-13-22)17-8-9-18(24-3)16-7-5-4-6-15(16)17;/h4-9,19,21,23H,10-14H2,1-3H3;1H/t19-;/m0./s1. The zero-order valence-corrected chi connectivity index (χ0v) is 16.1. The van der Waals surface area contributed by atoms with Gasteiger partial charge in [0.2, 0.25) is 0 Å². The molecule has 1 saturated heterocycles. The van der Waals surface area contributed by atoms with Gasteiger partial charge in [-0.1, -0.05) is 44.2 Å². The maximum atomic E-state index is 10.1. The summed E-state index contributed by atoms with van der Waals surface area (Å²) in [6.07, 6.45) is 0. The lowest BCUT2D eigenvalue weighted by atomic mass is 9.78. The van der Waals surface area contributed by atoms with Gasteiger partial charge in [0.25, 0.3) is 0 Å². The van der Waals surface area contributed by atoms with E-state index >= 15 is 0 Å². The molecule has 0 saturated carbocycles. The van der Waals surface area contributed by atoms with Crippen LogP contribution in [0.2, 0.25) is 0 Å². The summed E-state index contributed by atoms with van der Waals surface area (Å²) < 4.78 is 5.55. The fourth-order valence-corrected chi connectivity index (χ4v) is 3.85. The maximum absolute atomic E-state index is 10.1. The van der Waals surface area contributed by atoms with Gasteiger partial charge in [-0.3, -0.25) is 4.90 Å². The minimum Gasteiger partial charge on any atom is -0.496 e. The van der Waals surface area contributed by atoms with Crippen molar-refractivity contribution in [1.29, 1.82) is 0 Å². The number of ether oxygens (including phenoxy) is 1. The molecule has 0 bridgehead atoms. The maximum Gasteiger partial charge on any atom is 0.126 e. The number of rotatable bonds is 5. The minimum absolute atomic E-state index is 0. The van der Waals surface area contributed by atoms with E-state index in [2.05, 4.69) is 54.4 Å². The predicted octanol–water partition coefficient (Wildman–Crippen LogP) is 3.24. The Balaban J connectivity index is 0.00000225. The second-order valence-electron chi connectivity index (χ2n) is 7.24. The first-order valence-electron chi connectivity index (χ1n) is 8.70. The van der Waals surface area contributed by atoms with Gasteiger partial charge in [-0.25, -0.2) is 0 Å². The Bertz CT molecular complexity index is 699. The molecule has 5 heteroatoms. The van der Waals surface area contributed by atoms with Gasteiger partial charge in [-0.2, -0.15) is 0 Å². The summed E-state index contributed by atoms with van der Waals surface area (Å²) in [5, 5.41) is 15.8. The quantitative estimate of drug-likeness (QED) is 0.855. The number of fused-ring (bicyclic) bond motifs is 1. The van der Waals surface area contributed by atoms with E-state index in [4.69, 9.17) is 4.74 Å². The van der Waals surface area contributed by atoms with Crippen LogP contribution in [-0.2, 0) is 0 Å². The predicted molar refractivity (Wildman–Crippen MR) is 106 cm³/mol. The van der Waals surface area contributed by atoms with Crippen LogP contribution >= 0.6 is 12.4 Å². The van der Waals surface area contributed by atoms with Gasteiger partial charge in [0.1, 0.15) is 5.75 Å². The van der Waals surface area contributed by atoms with Crippen LogP contribution in [0.5, 0.6) is 5.75 Å². The van der Waals surface area contributed by atoms with E-state index in [1.54, 1.807) is 7.11 Å². The van der Waals surface area contributed by atoms with Crippen molar-refractivity contribution in [2.45, 2.75) is 19.9 Å². The van der Waals surface area contributed by atoms with Gasteiger partial charge < -0.3 is 15.2 Å². The zero-order valence-electron chi connectivity index (χ0n) is 15.3. The first-order valence-corrected chi connectivity index (χ1v) is 8.70. The summed E-state index contributed by atoms with van der Waals surface area (Å²) >= 11 is 0. The highest BCUT2D eigenvalue weighted by atomic mass is 35.5. The van der Waals surface area contributed by atoms with E-state index in [9.17, 15) is 5.11 Å². The average Bonchev–Trinajstić information content (AvgIpc) is 2.63. The number of nitrogens with zero attached hydrogens (tertiary/aromatic N) is 1. The second kappa shape index (κ2) is 8.37. The Labute approximate surface area is 156 Å². The van der Waals surface area contributed by atoms with Crippen molar-refractivity contribution in [3.8, 4) is 5.75 Å². The fraction of sp³-hybridized carbons (Fsp3) is 0.500. The number of aliphatic hydroxyl groups excluding tert-OH is 1. The number of hydrogen-bond donors (Lipinski definition) is 2. The average molecular weight is 365 g/mol. The molecule has 1 aliphatic heterocycles. The molecule has 138 valence electrons. The first-order chi connectivity index (χ1) is 11.6. The van der Waals surface area contributed by atoms with Crippen LogP contribution in [0.25, 0.3) is 10.8 Å². The lowest BCUT2D eigenvalue weighted by Crippen LogP contribution is -2.49. The molecule has 2 aromatic rings. The highest BCUT2D eigenvalue weighted by Gasteiger charge is 2.36. The monoisotopic (exact) mass is 364 g/mol. The van der Waals surface area contributed by atoms with Gasteiger partial charge in [-0.05, 0) is 17.0 Å². The van der Waals surface area contributed by atoms with Gasteiger partial charge in [0.15, 0.2) is 0 Å². The largest absolute Gasteiger partial charge is 0.496 e. The van der Waals surface area contributed by atoms with Crippen LogP contribution < -0.4 is 10.1 Å². The van der Waals surface area contributed by atoms with Crippen molar-refractivity contribution in [2.24, 2.45) is 5.41 Å². The van der Waals surface area contributed by atoms with Crippen LogP contribution in [0.4, 0.5) is 0 Å². The van der Waals surface area contributed by atoms with Crippen LogP contribution in [0.3, 0.4) is 0 Å². The van der Waals surface area contributed by atoms with Crippen molar-refractivity contribution in [1.82, 2.24) is 10.2 Å². The Hall–Kier alpha value is -1.33. The Morgan fingerprint density at radius 2 is 1.76 bits per heavy atom. The van der Waals surface area contributed by atoms with Crippen LogP contribution in [0.15, 0.2) is 36.4 Å². The Morgan fingerprint density at radius 1 is 1.12 bits per heavy atom. The molecule has 1 aliphatic rings. The molecular formula is C20H29ClN2O2. The number of hydrogen-bond acceptors (Lipinski definition) is 4. The van der Waals surface area contributed by atoms with Crippen molar-refractivity contribution < 1.29 is 9.84 Å². The molecule has 1 heterocycles. The number of benzene rings is 2. The highest BCUT2D eigenvalue weighted by Crippen LogP contribution is 2.42. The van der Waals surface area contributed by atoms with E-state index in [-0.39, 0.29) is 30.5 Å². The SMILES string of the molecule is COc1ccc([C@H](N2CCNCC2)C(C)(C)CO)c2ccccc12.Cl. The summed E-state index contributed by atoms with van der Waals surface area (Å²) in [5.41, 5.74) is 1.04. The molecule has 4 nitrogen and oxygen atoms in total. The van der Waals surface area contributed by atoms with Crippen LogP contribution in [0.1, 0.15) is 25.5 Å². The smallest absolute Gasteiger partial charge is 0.126 e. The van der Waals surface area contributed by atoms with Gasteiger partial charge in [0, 0.05) is 49.6 Å².